The predicted octanol–water partition coefficient (Wildman–Crippen LogP) is 4.12. The summed E-state index contributed by atoms with van der Waals surface area (Å²) >= 11 is 1.53. The lowest BCUT2D eigenvalue weighted by molar-refractivity contribution is -0.113. The van der Waals surface area contributed by atoms with Crippen molar-refractivity contribution >= 4 is 35.2 Å². The van der Waals surface area contributed by atoms with Gasteiger partial charge in [-0.2, -0.15) is 0 Å². The Morgan fingerprint density at radius 1 is 1.07 bits per heavy atom. The number of nitrogens with zero attached hydrogens (tertiary/aromatic N) is 1. The summed E-state index contributed by atoms with van der Waals surface area (Å²) in [5.41, 5.74) is 3.68. The SMILES string of the molecule is Cc1cccc(CSCC(=O)Nc2ccc3c(c2)C(=O)N(CC(C)C)C3=O)c1. The number of carbonyl (C=O) groups excluding carboxylic acids is 3. The second-order valence-corrected chi connectivity index (χ2v) is 8.39. The number of imide groups is 1. The number of fused-ring (bicyclic) bond motifs is 1. The summed E-state index contributed by atoms with van der Waals surface area (Å²) in [6.07, 6.45) is 0. The topological polar surface area (TPSA) is 66.5 Å². The van der Waals surface area contributed by atoms with Gasteiger partial charge in [0.1, 0.15) is 0 Å². The lowest BCUT2D eigenvalue weighted by atomic mass is 10.1. The third kappa shape index (κ3) is 4.62. The Kier molecular flexibility index (Phi) is 6.19. The summed E-state index contributed by atoms with van der Waals surface area (Å²) in [5.74, 6) is 0.590. The first-order valence-electron chi connectivity index (χ1n) is 9.28. The van der Waals surface area contributed by atoms with Crippen molar-refractivity contribution in [3.8, 4) is 0 Å². The molecule has 5 nitrogen and oxygen atoms in total. The van der Waals surface area contributed by atoms with Crippen molar-refractivity contribution < 1.29 is 14.4 Å². The van der Waals surface area contributed by atoms with Crippen LogP contribution in [0, 0.1) is 12.8 Å². The summed E-state index contributed by atoms with van der Waals surface area (Å²) in [6, 6.07) is 13.1. The number of benzene rings is 2. The van der Waals surface area contributed by atoms with Crippen molar-refractivity contribution in [2.75, 3.05) is 17.6 Å². The molecule has 3 amide bonds. The van der Waals surface area contributed by atoms with Crippen LogP contribution in [0.1, 0.15) is 45.7 Å². The number of hydrogen-bond donors (Lipinski definition) is 1. The molecule has 0 fully saturated rings. The molecule has 0 radical (unpaired) electrons. The normalized spacial score (nSPS) is 13.2. The molecule has 1 N–H and O–H groups in total. The first kappa shape index (κ1) is 20.1. The van der Waals surface area contributed by atoms with Crippen molar-refractivity contribution in [2.24, 2.45) is 5.92 Å². The fraction of sp³-hybridized carbons (Fsp3) is 0.318. The van der Waals surface area contributed by atoms with Crippen molar-refractivity contribution in [3.63, 3.8) is 0 Å². The molecule has 2 aromatic carbocycles. The minimum Gasteiger partial charge on any atom is -0.325 e. The average molecular weight is 397 g/mol. The third-order valence-electron chi connectivity index (χ3n) is 4.39. The molecule has 0 aliphatic carbocycles. The van der Waals surface area contributed by atoms with E-state index >= 15 is 0 Å². The highest BCUT2D eigenvalue weighted by atomic mass is 32.2. The van der Waals surface area contributed by atoms with Crippen LogP contribution >= 0.6 is 11.8 Å². The minimum atomic E-state index is -0.293. The van der Waals surface area contributed by atoms with E-state index in [0.717, 1.165) is 5.75 Å². The number of amides is 3. The summed E-state index contributed by atoms with van der Waals surface area (Å²) in [7, 11) is 0. The van der Waals surface area contributed by atoms with Crippen LogP contribution in [0.5, 0.6) is 0 Å². The standard InChI is InChI=1S/C22H24N2O3S/c1-14(2)11-24-21(26)18-8-7-17(10-19(18)22(24)27)23-20(25)13-28-12-16-6-4-5-15(3)9-16/h4-10,14H,11-13H2,1-3H3,(H,23,25). The number of carbonyl (C=O) groups is 3. The molecule has 0 bridgehead atoms. The zero-order chi connectivity index (χ0) is 20.3. The maximum atomic E-state index is 12.5. The van der Waals surface area contributed by atoms with E-state index < -0.39 is 0 Å². The first-order chi connectivity index (χ1) is 13.3. The number of nitrogens with one attached hydrogen (secondary N) is 1. The van der Waals surface area contributed by atoms with Gasteiger partial charge in [-0.15, -0.1) is 11.8 Å². The molecule has 0 spiro atoms. The Morgan fingerprint density at radius 3 is 2.54 bits per heavy atom. The Bertz CT molecular complexity index is 924. The van der Waals surface area contributed by atoms with Crippen molar-refractivity contribution in [2.45, 2.75) is 26.5 Å². The van der Waals surface area contributed by atoms with Gasteiger partial charge in [0.15, 0.2) is 0 Å². The van der Waals surface area contributed by atoms with Gasteiger partial charge < -0.3 is 5.32 Å². The molecule has 1 heterocycles. The zero-order valence-electron chi connectivity index (χ0n) is 16.3. The minimum absolute atomic E-state index is 0.131. The summed E-state index contributed by atoms with van der Waals surface area (Å²) < 4.78 is 0. The predicted molar refractivity (Wildman–Crippen MR) is 113 cm³/mol. The van der Waals surface area contributed by atoms with Crippen LogP contribution in [0.3, 0.4) is 0 Å². The maximum Gasteiger partial charge on any atom is 0.261 e. The molecule has 0 atom stereocenters. The van der Waals surface area contributed by atoms with Gasteiger partial charge in [0, 0.05) is 18.0 Å². The van der Waals surface area contributed by atoms with E-state index in [0.29, 0.717) is 29.1 Å². The van der Waals surface area contributed by atoms with E-state index in [1.807, 2.05) is 39.0 Å². The van der Waals surface area contributed by atoms with Crippen molar-refractivity contribution in [3.05, 3.63) is 64.7 Å². The monoisotopic (exact) mass is 396 g/mol. The number of hydrogen-bond acceptors (Lipinski definition) is 4. The van der Waals surface area contributed by atoms with Crippen LogP contribution in [0.25, 0.3) is 0 Å². The zero-order valence-corrected chi connectivity index (χ0v) is 17.1. The van der Waals surface area contributed by atoms with Gasteiger partial charge in [0.25, 0.3) is 11.8 Å². The number of rotatable bonds is 7. The Labute approximate surface area is 169 Å². The van der Waals surface area contributed by atoms with Gasteiger partial charge in [-0.1, -0.05) is 43.7 Å². The lowest BCUT2D eigenvalue weighted by Crippen LogP contribution is -2.33. The summed E-state index contributed by atoms with van der Waals surface area (Å²) in [4.78, 5) is 38.4. The average Bonchev–Trinajstić information content (AvgIpc) is 2.86. The van der Waals surface area contributed by atoms with E-state index in [1.165, 1.54) is 27.8 Å². The van der Waals surface area contributed by atoms with Gasteiger partial charge in [0.05, 0.1) is 16.9 Å². The van der Waals surface area contributed by atoms with E-state index in [1.54, 1.807) is 18.2 Å². The van der Waals surface area contributed by atoms with Crippen LogP contribution < -0.4 is 5.32 Å². The lowest BCUT2D eigenvalue weighted by Gasteiger charge is -2.15. The quantitative estimate of drug-likeness (QED) is 0.715. The largest absolute Gasteiger partial charge is 0.325 e. The van der Waals surface area contributed by atoms with Gasteiger partial charge in [-0.3, -0.25) is 19.3 Å². The van der Waals surface area contributed by atoms with Crippen molar-refractivity contribution in [1.29, 1.82) is 0 Å². The van der Waals surface area contributed by atoms with Crippen molar-refractivity contribution in [1.82, 2.24) is 4.90 Å². The van der Waals surface area contributed by atoms with Crippen LogP contribution in [0.4, 0.5) is 5.69 Å². The Morgan fingerprint density at radius 2 is 1.82 bits per heavy atom. The molecule has 0 aromatic heterocycles. The van der Waals surface area contributed by atoms with Gasteiger partial charge >= 0.3 is 0 Å². The second-order valence-electron chi connectivity index (χ2n) is 7.41. The highest BCUT2D eigenvalue weighted by Crippen LogP contribution is 2.26. The number of aryl methyl sites for hydroxylation is 1. The fourth-order valence-corrected chi connectivity index (χ4v) is 3.93. The highest BCUT2D eigenvalue weighted by Gasteiger charge is 2.35. The molecule has 2 aromatic rings. The van der Waals surface area contributed by atoms with Gasteiger partial charge in [-0.05, 0) is 36.6 Å². The molecule has 1 aliphatic heterocycles. The Hall–Kier alpha value is -2.60. The molecule has 3 rings (SSSR count). The molecule has 6 heteroatoms. The molecule has 1 aliphatic rings. The smallest absolute Gasteiger partial charge is 0.261 e. The van der Waals surface area contributed by atoms with Crippen LogP contribution in [-0.2, 0) is 10.5 Å². The summed E-state index contributed by atoms with van der Waals surface area (Å²) in [6.45, 7) is 6.36. The Balaban J connectivity index is 1.59. The van der Waals surface area contributed by atoms with Crippen LogP contribution in [0.15, 0.2) is 42.5 Å². The molecule has 0 saturated heterocycles. The fourth-order valence-electron chi connectivity index (χ4n) is 3.16. The van der Waals surface area contributed by atoms with E-state index in [4.69, 9.17) is 0 Å². The third-order valence-corrected chi connectivity index (χ3v) is 5.39. The van der Waals surface area contributed by atoms with E-state index in [-0.39, 0.29) is 23.6 Å². The van der Waals surface area contributed by atoms with Crippen LogP contribution in [0.2, 0.25) is 0 Å². The highest BCUT2D eigenvalue weighted by molar-refractivity contribution is 7.99. The molecule has 0 saturated carbocycles. The van der Waals surface area contributed by atoms with Gasteiger partial charge in [-0.25, -0.2) is 0 Å². The molecule has 146 valence electrons. The molecular formula is C22H24N2O3S. The molecule has 0 unspecified atom stereocenters. The van der Waals surface area contributed by atoms with Gasteiger partial charge in [0.2, 0.25) is 5.91 Å². The first-order valence-corrected chi connectivity index (χ1v) is 10.4. The van der Waals surface area contributed by atoms with E-state index in [9.17, 15) is 14.4 Å². The molecule has 28 heavy (non-hydrogen) atoms. The van der Waals surface area contributed by atoms with Crippen LogP contribution in [-0.4, -0.2) is 34.9 Å². The number of anilines is 1. The maximum absolute atomic E-state index is 12.5. The number of thioether (sulfide) groups is 1. The van der Waals surface area contributed by atoms with E-state index in [2.05, 4.69) is 11.4 Å². The summed E-state index contributed by atoms with van der Waals surface area (Å²) in [5, 5.41) is 2.82. The second kappa shape index (κ2) is 8.61. The molecular weight excluding hydrogens is 372 g/mol.